The fraction of sp³-hybridized carbons (Fsp3) is 0.571. The largest absolute Gasteiger partial charge is 0.215 e. The molecule has 0 spiro atoms. The maximum Gasteiger partial charge on any atom is 0.215 e. The number of rotatable bonds is 7. The predicted molar refractivity (Wildman–Crippen MR) is 86.4 cm³/mol. The molecule has 2 rings (SSSR count). The SMILES string of the molecule is Cc1ccccc1CS(=O)(=O)NCCS(=O)(=O)N1CCCC1. The molecule has 1 aromatic rings. The Balaban J connectivity index is 1.89. The summed E-state index contributed by atoms with van der Waals surface area (Å²) in [6, 6.07) is 7.25. The van der Waals surface area contributed by atoms with Crippen LogP contribution < -0.4 is 4.72 Å². The number of sulfonamides is 2. The van der Waals surface area contributed by atoms with Crippen LogP contribution >= 0.6 is 0 Å². The van der Waals surface area contributed by atoms with E-state index in [0.717, 1.165) is 24.0 Å². The van der Waals surface area contributed by atoms with E-state index < -0.39 is 20.0 Å². The van der Waals surface area contributed by atoms with Gasteiger partial charge in [0.15, 0.2) is 0 Å². The zero-order valence-corrected chi connectivity index (χ0v) is 14.3. The highest BCUT2D eigenvalue weighted by Crippen LogP contribution is 2.13. The number of aryl methyl sites for hydroxylation is 1. The normalized spacial score (nSPS) is 17.0. The summed E-state index contributed by atoms with van der Waals surface area (Å²) in [5.74, 6) is -0.330. The third-order valence-corrected chi connectivity index (χ3v) is 6.95. The van der Waals surface area contributed by atoms with Crippen LogP contribution in [0.5, 0.6) is 0 Å². The molecule has 1 aromatic carbocycles. The van der Waals surface area contributed by atoms with Gasteiger partial charge in [0.2, 0.25) is 20.0 Å². The fourth-order valence-electron chi connectivity index (χ4n) is 2.45. The van der Waals surface area contributed by atoms with E-state index >= 15 is 0 Å². The minimum absolute atomic E-state index is 0.0902. The van der Waals surface area contributed by atoms with Gasteiger partial charge in [0, 0.05) is 19.6 Å². The van der Waals surface area contributed by atoms with Crippen LogP contribution in [-0.4, -0.2) is 46.5 Å². The van der Waals surface area contributed by atoms with Crippen molar-refractivity contribution in [1.82, 2.24) is 9.03 Å². The van der Waals surface area contributed by atoms with Crippen molar-refractivity contribution in [2.75, 3.05) is 25.4 Å². The molecule has 22 heavy (non-hydrogen) atoms. The Labute approximate surface area is 132 Å². The quantitative estimate of drug-likeness (QED) is 0.793. The predicted octanol–water partition coefficient (Wildman–Crippen LogP) is 0.840. The first-order valence-corrected chi connectivity index (χ1v) is 10.6. The van der Waals surface area contributed by atoms with Gasteiger partial charge in [0.25, 0.3) is 0 Å². The summed E-state index contributed by atoms with van der Waals surface area (Å²) in [6.45, 7) is 2.84. The first-order chi connectivity index (χ1) is 10.3. The summed E-state index contributed by atoms with van der Waals surface area (Å²) >= 11 is 0. The number of hydrogen-bond donors (Lipinski definition) is 1. The molecule has 8 heteroatoms. The molecule has 0 unspecified atom stereocenters. The van der Waals surface area contributed by atoms with E-state index in [2.05, 4.69) is 4.72 Å². The third kappa shape index (κ3) is 4.77. The van der Waals surface area contributed by atoms with Crippen molar-refractivity contribution in [3.8, 4) is 0 Å². The molecule has 0 aliphatic carbocycles. The molecule has 6 nitrogen and oxygen atoms in total. The summed E-state index contributed by atoms with van der Waals surface area (Å²) in [7, 11) is -6.89. The molecule has 1 fully saturated rings. The lowest BCUT2D eigenvalue weighted by molar-refractivity contribution is 0.477. The molecular weight excluding hydrogens is 324 g/mol. The standard InChI is InChI=1S/C14H22N2O4S2/c1-13-6-2-3-7-14(13)12-21(17,18)15-8-11-22(19,20)16-9-4-5-10-16/h2-3,6-7,15H,4-5,8-12H2,1H3. The van der Waals surface area contributed by atoms with Gasteiger partial charge in [-0.25, -0.2) is 25.9 Å². The topological polar surface area (TPSA) is 83.5 Å². The zero-order chi connectivity index (χ0) is 16.2. The Kier molecular flexibility index (Phi) is 5.60. The number of benzene rings is 1. The maximum absolute atomic E-state index is 12.0. The minimum Gasteiger partial charge on any atom is -0.214 e. The Bertz CT molecular complexity index is 708. The van der Waals surface area contributed by atoms with Gasteiger partial charge in [0.1, 0.15) is 0 Å². The average Bonchev–Trinajstić information content (AvgIpc) is 2.95. The summed E-state index contributed by atoms with van der Waals surface area (Å²) in [5.41, 5.74) is 1.62. The molecular formula is C14H22N2O4S2. The molecule has 0 radical (unpaired) electrons. The van der Waals surface area contributed by atoms with Crippen LogP contribution in [0.25, 0.3) is 0 Å². The van der Waals surface area contributed by atoms with Crippen molar-refractivity contribution < 1.29 is 16.8 Å². The van der Waals surface area contributed by atoms with Gasteiger partial charge < -0.3 is 0 Å². The zero-order valence-electron chi connectivity index (χ0n) is 12.7. The Morgan fingerprint density at radius 3 is 2.36 bits per heavy atom. The smallest absolute Gasteiger partial charge is 0.214 e. The lowest BCUT2D eigenvalue weighted by atomic mass is 10.1. The van der Waals surface area contributed by atoms with Gasteiger partial charge >= 0.3 is 0 Å². The van der Waals surface area contributed by atoms with E-state index in [1.807, 2.05) is 19.1 Å². The van der Waals surface area contributed by atoms with Gasteiger partial charge in [0.05, 0.1) is 11.5 Å². The van der Waals surface area contributed by atoms with Gasteiger partial charge in [-0.3, -0.25) is 0 Å². The molecule has 0 atom stereocenters. The highest BCUT2D eigenvalue weighted by atomic mass is 32.2. The van der Waals surface area contributed by atoms with Crippen LogP contribution in [0.1, 0.15) is 24.0 Å². The Morgan fingerprint density at radius 2 is 1.73 bits per heavy atom. The lowest BCUT2D eigenvalue weighted by Crippen LogP contribution is -2.36. The van der Waals surface area contributed by atoms with Crippen LogP contribution in [-0.2, 0) is 25.8 Å². The van der Waals surface area contributed by atoms with Gasteiger partial charge in [-0.05, 0) is 30.9 Å². The van der Waals surface area contributed by atoms with Gasteiger partial charge in [-0.2, -0.15) is 0 Å². The second-order valence-electron chi connectivity index (χ2n) is 5.50. The van der Waals surface area contributed by atoms with E-state index in [4.69, 9.17) is 0 Å². The number of nitrogens with zero attached hydrogens (tertiary/aromatic N) is 1. The van der Waals surface area contributed by atoms with Crippen molar-refractivity contribution in [2.24, 2.45) is 0 Å². The van der Waals surface area contributed by atoms with Crippen molar-refractivity contribution in [1.29, 1.82) is 0 Å². The molecule has 0 saturated carbocycles. The van der Waals surface area contributed by atoms with Crippen LogP contribution in [0.4, 0.5) is 0 Å². The minimum atomic E-state index is -3.54. The second kappa shape index (κ2) is 7.08. The number of hydrogen-bond acceptors (Lipinski definition) is 4. The summed E-state index contributed by atoms with van der Waals surface area (Å²) < 4.78 is 51.9. The van der Waals surface area contributed by atoms with Crippen molar-refractivity contribution >= 4 is 20.0 Å². The molecule has 1 saturated heterocycles. The van der Waals surface area contributed by atoms with Gasteiger partial charge in [-0.15, -0.1) is 0 Å². The van der Waals surface area contributed by atoms with Crippen LogP contribution in [0.15, 0.2) is 24.3 Å². The molecule has 0 amide bonds. The van der Waals surface area contributed by atoms with Crippen molar-refractivity contribution in [2.45, 2.75) is 25.5 Å². The van der Waals surface area contributed by atoms with Crippen molar-refractivity contribution in [3.05, 3.63) is 35.4 Å². The van der Waals surface area contributed by atoms with Crippen LogP contribution in [0.2, 0.25) is 0 Å². The van der Waals surface area contributed by atoms with Crippen LogP contribution in [0, 0.1) is 6.92 Å². The summed E-state index contributed by atoms with van der Waals surface area (Å²) in [4.78, 5) is 0. The molecule has 1 heterocycles. The highest BCUT2D eigenvalue weighted by Gasteiger charge is 2.25. The second-order valence-corrected chi connectivity index (χ2v) is 9.40. The summed E-state index contributed by atoms with van der Waals surface area (Å²) in [6.07, 6.45) is 1.75. The first-order valence-electron chi connectivity index (χ1n) is 7.30. The molecule has 1 N–H and O–H groups in total. The lowest BCUT2D eigenvalue weighted by Gasteiger charge is -2.15. The van der Waals surface area contributed by atoms with E-state index in [-0.39, 0.29) is 18.1 Å². The van der Waals surface area contributed by atoms with Crippen LogP contribution in [0.3, 0.4) is 0 Å². The van der Waals surface area contributed by atoms with E-state index in [9.17, 15) is 16.8 Å². The van der Waals surface area contributed by atoms with E-state index in [1.165, 1.54) is 4.31 Å². The monoisotopic (exact) mass is 346 g/mol. The maximum atomic E-state index is 12.0. The molecule has 124 valence electrons. The first kappa shape index (κ1) is 17.4. The Hall–Kier alpha value is -0.960. The average molecular weight is 346 g/mol. The summed E-state index contributed by atoms with van der Waals surface area (Å²) in [5, 5.41) is 0. The van der Waals surface area contributed by atoms with E-state index in [1.54, 1.807) is 12.1 Å². The molecule has 1 aliphatic heterocycles. The molecule has 0 bridgehead atoms. The molecule has 1 aliphatic rings. The third-order valence-electron chi connectivity index (χ3n) is 3.75. The number of nitrogens with one attached hydrogen (secondary N) is 1. The Morgan fingerprint density at radius 1 is 1.09 bits per heavy atom. The van der Waals surface area contributed by atoms with E-state index in [0.29, 0.717) is 13.1 Å². The van der Waals surface area contributed by atoms with Crippen molar-refractivity contribution in [3.63, 3.8) is 0 Å². The fourth-order valence-corrected chi connectivity index (χ4v) is 5.26. The molecule has 0 aromatic heterocycles. The van der Waals surface area contributed by atoms with Gasteiger partial charge in [-0.1, -0.05) is 24.3 Å². The highest BCUT2D eigenvalue weighted by molar-refractivity contribution is 7.89.